The summed E-state index contributed by atoms with van der Waals surface area (Å²) in [5.41, 5.74) is -0.927. The van der Waals surface area contributed by atoms with Gasteiger partial charge in [-0.2, -0.15) is 0 Å². The van der Waals surface area contributed by atoms with Crippen molar-refractivity contribution < 1.29 is 43.2 Å². The zero-order valence-corrected chi connectivity index (χ0v) is 24.0. The molecule has 0 fully saturated rings. The van der Waals surface area contributed by atoms with Crippen LogP contribution in [0.4, 0.5) is 0 Å². The molecule has 0 saturated carbocycles. The maximum absolute atomic E-state index is 12.2. The quantitative estimate of drug-likeness (QED) is 0.115. The molecular formula is C29H48O9. The molecule has 0 unspecified atom stereocenters. The highest BCUT2D eigenvalue weighted by atomic mass is 16.6. The largest absolute Gasteiger partial charge is 0.505 e. The molecule has 0 amide bonds. The third kappa shape index (κ3) is 13.3. The average molecular weight is 541 g/mol. The van der Waals surface area contributed by atoms with E-state index in [-0.39, 0.29) is 6.42 Å². The number of carbonyl (C=O) groups is 4. The Bertz CT molecular complexity index is 794. The Labute approximate surface area is 227 Å². The number of ether oxygens (including phenoxy) is 4. The number of aliphatic hydroxyl groups excluding tert-OH is 1. The molecule has 0 bridgehead atoms. The van der Waals surface area contributed by atoms with E-state index >= 15 is 0 Å². The summed E-state index contributed by atoms with van der Waals surface area (Å²) in [6.45, 7) is 7.71. The molecular weight excluding hydrogens is 492 g/mol. The van der Waals surface area contributed by atoms with Crippen LogP contribution < -0.4 is 0 Å². The van der Waals surface area contributed by atoms with Gasteiger partial charge in [-0.3, -0.25) is 14.4 Å². The lowest BCUT2D eigenvalue weighted by molar-refractivity contribution is -0.170. The highest BCUT2D eigenvalue weighted by Crippen LogP contribution is 2.28. The normalized spacial score (nSPS) is 16.2. The van der Waals surface area contributed by atoms with Gasteiger partial charge >= 0.3 is 23.9 Å². The first kappa shape index (κ1) is 33.4. The van der Waals surface area contributed by atoms with E-state index in [1.807, 2.05) is 0 Å². The minimum absolute atomic E-state index is 0.214. The van der Waals surface area contributed by atoms with Gasteiger partial charge in [-0.25, -0.2) is 4.79 Å². The van der Waals surface area contributed by atoms with Crippen LogP contribution in [0.2, 0.25) is 0 Å². The third-order valence-corrected chi connectivity index (χ3v) is 6.28. The van der Waals surface area contributed by atoms with Gasteiger partial charge in [0.25, 0.3) is 5.76 Å². The van der Waals surface area contributed by atoms with Crippen LogP contribution in [0.1, 0.15) is 125 Å². The molecule has 1 rings (SSSR count). The second kappa shape index (κ2) is 17.8. The SMILES string of the molecule is CCCCCCCCCCCCCCCC(=O)OC[C@H](OC(C)=O)[C@H]1OC(=O)C(OC(=O)C(C)(C)C)=C1O. The Morgan fingerprint density at radius 2 is 1.39 bits per heavy atom. The lowest BCUT2D eigenvalue weighted by atomic mass is 9.97. The molecule has 38 heavy (non-hydrogen) atoms. The van der Waals surface area contributed by atoms with Crippen molar-refractivity contribution in [3.8, 4) is 0 Å². The second-order valence-corrected chi connectivity index (χ2v) is 11.0. The molecule has 0 aromatic carbocycles. The zero-order chi connectivity index (χ0) is 28.6. The number of esters is 4. The van der Waals surface area contributed by atoms with Crippen LogP contribution in [-0.4, -0.2) is 47.8 Å². The topological polar surface area (TPSA) is 125 Å². The number of rotatable bonds is 19. The van der Waals surface area contributed by atoms with E-state index in [0.717, 1.165) is 26.2 Å². The molecule has 1 heterocycles. The van der Waals surface area contributed by atoms with E-state index in [0.29, 0.717) is 6.42 Å². The summed E-state index contributed by atoms with van der Waals surface area (Å²) in [7, 11) is 0. The van der Waals surface area contributed by atoms with E-state index in [4.69, 9.17) is 18.9 Å². The van der Waals surface area contributed by atoms with Crippen molar-refractivity contribution in [2.24, 2.45) is 5.41 Å². The van der Waals surface area contributed by atoms with Gasteiger partial charge in [-0.15, -0.1) is 0 Å². The third-order valence-electron chi connectivity index (χ3n) is 6.28. The van der Waals surface area contributed by atoms with E-state index in [2.05, 4.69) is 6.92 Å². The van der Waals surface area contributed by atoms with Crippen molar-refractivity contribution in [3.63, 3.8) is 0 Å². The first-order valence-corrected chi connectivity index (χ1v) is 14.2. The highest BCUT2D eigenvalue weighted by Gasteiger charge is 2.45. The fourth-order valence-corrected chi connectivity index (χ4v) is 3.98. The molecule has 0 aliphatic carbocycles. The minimum Gasteiger partial charge on any atom is -0.505 e. The molecule has 1 aliphatic heterocycles. The van der Waals surface area contributed by atoms with Gasteiger partial charge in [0.1, 0.15) is 6.61 Å². The van der Waals surface area contributed by atoms with Gasteiger partial charge in [-0.05, 0) is 27.2 Å². The van der Waals surface area contributed by atoms with E-state index < -0.39 is 59.6 Å². The van der Waals surface area contributed by atoms with Crippen LogP contribution in [0.3, 0.4) is 0 Å². The van der Waals surface area contributed by atoms with Gasteiger partial charge in [0.15, 0.2) is 11.9 Å². The fourth-order valence-electron chi connectivity index (χ4n) is 3.98. The maximum Gasteiger partial charge on any atom is 0.379 e. The van der Waals surface area contributed by atoms with Gasteiger partial charge in [0.2, 0.25) is 6.10 Å². The highest BCUT2D eigenvalue weighted by molar-refractivity contribution is 5.93. The van der Waals surface area contributed by atoms with Crippen molar-refractivity contribution in [3.05, 3.63) is 11.5 Å². The summed E-state index contributed by atoms with van der Waals surface area (Å²) >= 11 is 0. The summed E-state index contributed by atoms with van der Waals surface area (Å²) in [6, 6.07) is 0. The first-order valence-electron chi connectivity index (χ1n) is 14.2. The van der Waals surface area contributed by atoms with Crippen molar-refractivity contribution in [1.82, 2.24) is 0 Å². The lowest BCUT2D eigenvalue weighted by Crippen LogP contribution is -2.37. The molecule has 1 aliphatic rings. The molecule has 0 radical (unpaired) electrons. The standard InChI is InChI=1S/C29H48O9/c1-6-7-8-9-10-11-12-13-14-15-16-17-18-19-23(31)35-20-22(36-21(2)30)25-24(32)26(27(33)37-25)38-28(34)29(3,4)5/h22,25,32H,6-20H2,1-5H3/t22-,25+/m0/s1. The summed E-state index contributed by atoms with van der Waals surface area (Å²) in [5.74, 6) is -4.36. The van der Waals surface area contributed by atoms with E-state index in [9.17, 15) is 24.3 Å². The molecule has 0 spiro atoms. The number of carbonyl (C=O) groups excluding carboxylic acids is 4. The molecule has 9 nitrogen and oxygen atoms in total. The Morgan fingerprint density at radius 1 is 0.895 bits per heavy atom. The Morgan fingerprint density at radius 3 is 1.87 bits per heavy atom. The van der Waals surface area contributed by atoms with Gasteiger partial charge in [0, 0.05) is 13.3 Å². The molecule has 1 N–H and O–H groups in total. The zero-order valence-electron chi connectivity index (χ0n) is 24.0. The minimum atomic E-state index is -1.45. The van der Waals surface area contributed by atoms with Crippen LogP contribution >= 0.6 is 0 Å². The fraction of sp³-hybridized carbons (Fsp3) is 0.793. The lowest BCUT2D eigenvalue weighted by Gasteiger charge is -2.22. The van der Waals surface area contributed by atoms with Crippen molar-refractivity contribution >= 4 is 23.9 Å². The van der Waals surface area contributed by atoms with Gasteiger partial charge in [-0.1, -0.05) is 84.0 Å². The Balaban J connectivity index is 2.35. The maximum atomic E-state index is 12.2. The molecule has 0 aromatic rings. The van der Waals surface area contributed by atoms with E-state index in [1.54, 1.807) is 20.8 Å². The van der Waals surface area contributed by atoms with Crippen molar-refractivity contribution in [1.29, 1.82) is 0 Å². The molecule has 0 aromatic heterocycles. The number of hydrogen-bond donors (Lipinski definition) is 1. The number of unbranched alkanes of at least 4 members (excludes halogenated alkanes) is 12. The molecule has 218 valence electrons. The van der Waals surface area contributed by atoms with Crippen LogP contribution in [0, 0.1) is 5.41 Å². The summed E-state index contributed by atoms with van der Waals surface area (Å²) in [6.07, 6.45) is 13.1. The van der Waals surface area contributed by atoms with Crippen molar-refractivity contribution in [2.45, 2.75) is 137 Å². The van der Waals surface area contributed by atoms with Crippen LogP contribution in [-0.2, 0) is 38.1 Å². The average Bonchev–Trinajstić information content (AvgIpc) is 3.12. The number of cyclic esters (lactones) is 1. The monoisotopic (exact) mass is 540 g/mol. The Hall–Kier alpha value is -2.58. The summed E-state index contributed by atoms with van der Waals surface area (Å²) in [5, 5.41) is 10.4. The molecule has 2 atom stereocenters. The van der Waals surface area contributed by atoms with E-state index in [1.165, 1.54) is 57.8 Å². The number of aliphatic hydroxyl groups is 1. The summed E-state index contributed by atoms with van der Waals surface area (Å²) in [4.78, 5) is 48.0. The first-order chi connectivity index (χ1) is 18.0. The van der Waals surface area contributed by atoms with Crippen molar-refractivity contribution in [2.75, 3.05) is 6.61 Å². The smallest absolute Gasteiger partial charge is 0.379 e. The Kier molecular flexibility index (Phi) is 15.7. The van der Waals surface area contributed by atoms with Gasteiger partial charge in [0.05, 0.1) is 5.41 Å². The van der Waals surface area contributed by atoms with Gasteiger partial charge < -0.3 is 24.1 Å². The summed E-state index contributed by atoms with van der Waals surface area (Å²) < 4.78 is 20.4. The van der Waals surface area contributed by atoms with Crippen LogP contribution in [0.15, 0.2) is 11.5 Å². The number of hydrogen-bond acceptors (Lipinski definition) is 9. The van der Waals surface area contributed by atoms with Crippen LogP contribution in [0.25, 0.3) is 0 Å². The predicted molar refractivity (Wildman–Crippen MR) is 142 cm³/mol. The predicted octanol–water partition coefficient (Wildman–Crippen LogP) is 6.23. The molecule has 9 heteroatoms. The second-order valence-electron chi connectivity index (χ2n) is 11.0. The van der Waals surface area contributed by atoms with Crippen LogP contribution in [0.5, 0.6) is 0 Å². The molecule has 0 saturated heterocycles.